The molecule has 0 radical (unpaired) electrons. The van der Waals surface area contributed by atoms with Crippen molar-refractivity contribution < 1.29 is 14.6 Å². The third-order valence-electron chi connectivity index (χ3n) is 4.76. The highest BCUT2D eigenvalue weighted by Gasteiger charge is 2.17. The van der Waals surface area contributed by atoms with E-state index in [1.54, 1.807) is 30.5 Å². The monoisotopic (exact) mass is 418 g/mol. The van der Waals surface area contributed by atoms with Gasteiger partial charge in [0.05, 0.1) is 5.56 Å². The lowest BCUT2D eigenvalue weighted by Gasteiger charge is -2.15. The zero-order valence-corrected chi connectivity index (χ0v) is 16.6. The van der Waals surface area contributed by atoms with Crippen molar-refractivity contribution in [1.82, 2.24) is 30.0 Å². The van der Waals surface area contributed by atoms with Crippen LogP contribution in [0.2, 0.25) is 0 Å². The van der Waals surface area contributed by atoms with Gasteiger partial charge < -0.3 is 9.84 Å². The fourth-order valence-electron chi connectivity index (χ4n) is 3.25. The molecule has 3 aromatic heterocycles. The Morgan fingerprint density at radius 1 is 1.35 bits per heavy atom. The number of phenols is 1. The van der Waals surface area contributed by atoms with Crippen molar-refractivity contribution in [2.75, 3.05) is 0 Å². The Hall–Kier alpha value is -4.34. The highest BCUT2D eigenvalue weighted by molar-refractivity contribution is 5.97. The predicted octanol–water partition coefficient (Wildman–Crippen LogP) is 2.09. The van der Waals surface area contributed by atoms with Crippen LogP contribution >= 0.6 is 0 Å². The highest BCUT2D eigenvalue weighted by Crippen LogP contribution is 2.33. The number of pyridine rings is 1. The number of phenolic OH excluding ortho intramolecular Hbond substituents is 1. The van der Waals surface area contributed by atoms with E-state index in [2.05, 4.69) is 32.2 Å². The number of fused-ring (bicyclic) bond motifs is 1. The van der Waals surface area contributed by atoms with Gasteiger partial charge in [-0.25, -0.2) is 10.1 Å². The number of aromatic amines is 1. The molecule has 0 unspecified atom stereocenters. The van der Waals surface area contributed by atoms with Crippen molar-refractivity contribution in [3.63, 3.8) is 0 Å². The lowest BCUT2D eigenvalue weighted by atomic mass is 10.0. The van der Waals surface area contributed by atoms with E-state index in [-0.39, 0.29) is 40.7 Å². The molecule has 0 spiro atoms. The molecule has 0 fully saturated rings. The third-order valence-corrected chi connectivity index (χ3v) is 4.76. The molecule has 0 atom stereocenters. The second-order valence-electron chi connectivity index (χ2n) is 6.73. The summed E-state index contributed by atoms with van der Waals surface area (Å²) in [5, 5.41) is 23.7. The summed E-state index contributed by atoms with van der Waals surface area (Å²) in [6.45, 7) is 5.17. The predicted molar refractivity (Wildman–Crippen MR) is 111 cm³/mol. The van der Waals surface area contributed by atoms with Crippen molar-refractivity contribution >= 4 is 11.4 Å². The lowest BCUT2D eigenvalue weighted by molar-refractivity contribution is 0.101. The third kappa shape index (κ3) is 3.66. The Labute approximate surface area is 175 Å². The number of rotatable bonds is 7. The first-order valence-electron chi connectivity index (χ1n) is 9.34. The Morgan fingerprint density at radius 3 is 2.90 bits per heavy atom. The van der Waals surface area contributed by atoms with Gasteiger partial charge in [-0.05, 0) is 42.0 Å². The average molecular weight is 418 g/mol. The number of hydrogen-bond acceptors (Lipinski definition) is 8. The molecular weight excluding hydrogens is 400 g/mol. The number of allylic oxidation sites excluding steroid dienone is 1. The Kier molecular flexibility index (Phi) is 5.27. The van der Waals surface area contributed by atoms with Crippen molar-refractivity contribution in [3.8, 4) is 22.9 Å². The molecule has 31 heavy (non-hydrogen) atoms. The van der Waals surface area contributed by atoms with Crippen LogP contribution in [0.4, 0.5) is 0 Å². The second-order valence-corrected chi connectivity index (χ2v) is 6.73. The van der Waals surface area contributed by atoms with Crippen LogP contribution in [-0.2, 0) is 13.0 Å². The number of nitrogens with zero attached hydrogens (tertiary/aromatic N) is 5. The summed E-state index contributed by atoms with van der Waals surface area (Å²) in [6.07, 6.45) is 4.94. The maximum absolute atomic E-state index is 12.8. The molecule has 10 nitrogen and oxygen atoms in total. The van der Waals surface area contributed by atoms with Crippen molar-refractivity contribution in [3.05, 3.63) is 76.4 Å². The van der Waals surface area contributed by atoms with Crippen molar-refractivity contribution in [2.24, 2.45) is 0 Å². The number of benzene rings is 1. The molecule has 1 aromatic carbocycles. The molecule has 2 N–H and O–H groups in total. The number of ether oxygens (including phenoxy) is 1. The van der Waals surface area contributed by atoms with E-state index >= 15 is 0 Å². The number of Topliss-reactive ketones (excluding diaryl/α,β-unsaturated/α-hetero) is 1. The summed E-state index contributed by atoms with van der Waals surface area (Å²) >= 11 is 0. The topological polar surface area (TPSA) is 135 Å². The van der Waals surface area contributed by atoms with Crippen LogP contribution < -0.4 is 10.3 Å². The zero-order valence-electron chi connectivity index (χ0n) is 16.6. The maximum atomic E-state index is 12.8. The maximum Gasteiger partial charge on any atom is 0.269 e. The number of aromatic hydroxyl groups is 1. The molecule has 10 heteroatoms. The minimum atomic E-state index is -0.332. The van der Waals surface area contributed by atoms with Gasteiger partial charge in [-0.15, -0.1) is 11.7 Å². The molecule has 156 valence electrons. The van der Waals surface area contributed by atoms with Crippen LogP contribution in [0.1, 0.15) is 28.4 Å². The van der Waals surface area contributed by atoms with Gasteiger partial charge in [-0.2, -0.15) is 0 Å². The molecular formula is C21H18N6O4. The first-order chi connectivity index (χ1) is 15.0. The molecule has 0 saturated heterocycles. The van der Waals surface area contributed by atoms with Gasteiger partial charge in [0.2, 0.25) is 0 Å². The molecule has 0 bridgehead atoms. The van der Waals surface area contributed by atoms with E-state index in [1.807, 2.05) is 0 Å². The minimum Gasteiger partial charge on any atom is -0.507 e. The molecule has 0 saturated carbocycles. The number of aromatic nitrogens is 6. The molecule has 3 heterocycles. The Balaban J connectivity index is 1.69. The zero-order chi connectivity index (χ0) is 22.0. The molecule has 0 aliphatic carbocycles. The SMILES string of the molecule is C=CCc1c(OCc2cccn3c(=O)c(-c4nnn[nH]4)cnc23)ccc(C(C)=O)c1O. The fraction of sp³-hybridized carbons (Fsp3) is 0.143. The average Bonchev–Trinajstić information content (AvgIpc) is 3.29. The number of carbonyl (C=O) groups excluding carboxylic acids is 1. The number of carbonyl (C=O) groups is 1. The summed E-state index contributed by atoms with van der Waals surface area (Å²) < 4.78 is 7.32. The number of hydrogen-bond donors (Lipinski definition) is 2. The molecule has 0 aliphatic rings. The molecule has 4 rings (SSSR count). The second kappa shape index (κ2) is 8.19. The Bertz CT molecular complexity index is 1340. The summed E-state index contributed by atoms with van der Waals surface area (Å²) in [5.74, 6) is 0.270. The lowest BCUT2D eigenvalue weighted by Crippen LogP contribution is -2.18. The van der Waals surface area contributed by atoms with Crippen LogP contribution in [0.5, 0.6) is 11.5 Å². The van der Waals surface area contributed by atoms with E-state index in [4.69, 9.17) is 4.74 Å². The normalized spacial score (nSPS) is 10.9. The van der Waals surface area contributed by atoms with Crippen molar-refractivity contribution in [1.29, 1.82) is 0 Å². The van der Waals surface area contributed by atoms with Gasteiger partial charge >= 0.3 is 0 Å². The summed E-state index contributed by atoms with van der Waals surface area (Å²) in [6, 6.07) is 6.64. The van der Waals surface area contributed by atoms with Crippen LogP contribution in [0.15, 0.2) is 54.1 Å². The van der Waals surface area contributed by atoms with Crippen LogP contribution in [0, 0.1) is 0 Å². The first-order valence-corrected chi connectivity index (χ1v) is 9.34. The summed E-state index contributed by atoms with van der Waals surface area (Å²) in [5.41, 5.74) is 1.66. The molecule has 0 amide bonds. The van der Waals surface area contributed by atoms with Crippen molar-refractivity contribution in [2.45, 2.75) is 20.0 Å². The first kappa shape index (κ1) is 20.0. The minimum absolute atomic E-state index is 0.0863. The molecule has 0 aliphatic heterocycles. The molecule has 4 aromatic rings. The van der Waals surface area contributed by atoms with E-state index in [0.29, 0.717) is 28.9 Å². The quantitative estimate of drug-likeness (QED) is 0.344. The number of nitrogens with one attached hydrogen (secondary N) is 1. The van der Waals surface area contributed by atoms with Crippen LogP contribution in [0.25, 0.3) is 17.0 Å². The fourth-order valence-corrected chi connectivity index (χ4v) is 3.25. The standard InChI is InChI=1S/C21H18N6O4/c1-3-5-15-17(8-7-14(12(2)28)18(15)29)31-11-13-6-4-9-27-20(13)22-10-16(21(27)30)19-23-25-26-24-19/h3-4,6-10,29H,1,5,11H2,2H3,(H,23,24,25,26). The highest BCUT2D eigenvalue weighted by atomic mass is 16.5. The van der Waals surface area contributed by atoms with Gasteiger partial charge in [-0.1, -0.05) is 12.1 Å². The smallest absolute Gasteiger partial charge is 0.269 e. The van der Waals surface area contributed by atoms with Crippen LogP contribution in [0.3, 0.4) is 0 Å². The Morgan fingerprint density at radius 2 is 2.19 bits per heavy atom. The van der Waals surface area contributed by atoms with E-state index < -0.39 is 0 Å². The van der Waals surface area contributed by atoms with Gasteiger partial charge in [0.1, 0.15) is 29.3 Å². The van der Waals surface area contributed by atoms with Gasteiger partial charge in [0.25, 0.3) is 5.56 Å². The van der Waals surface area contributed by atoms with Gasteiger partial charge in [0, 0.05) is 23.5 Å². The van der Waals surface area contributed by atoms with Gasteiger partial charge in [-0.3, -0.25) is 14.0 Å². The summed E-state index contributed by atoms with van der Waals surface area (Å²) in [7, 11) is 0. The largest absolute Gasteiger partial charge is 0.507 e. The number of tetrazole rings is 1. The number of H-pyrrole nitrogens is 1. The number of ketones is 1. The van der Waals surface area contributed by atoms with E-state index in [9.17, 15) is 14.7 Å². The van der Waals surface area contributed by atoms with E-state index in [0.717, 1.165) is 0 Å². The van der Waals surface area contributed by atoms with Gasteiger partial charge in [0.15, 0.2) is 11.6 Å². The van der Waals surface area contributed by atoms with Crippen LogP contribution in [-0.4, -0.2) is 40.9 Å². The summed E-state index contributed by atoms with van der Waals surface area (Å²) in [4.78, 5) is 28.9. The van der Waals surface area contributed by atoms with E-state index in [1.165, 1.54) is 23.6 Å².